The van der Waals surface area contributed by atoms with E-state index in [4.69, 9.17) is 0 Å². The highest BCUT2D eigenvalue weighted by atomic mass is 16.2. The molecule has 0 aromatic rings. The molecule has 110 valence electrons. The number of amides is 1. The summed E-state index contributed by atoms with van der Waals surface area (Å²) in [5.74, 6) is 0.290. The molecule has 0 bridgehead atoms. The van der Waals surface area contributed by atoms with Gasteiger partial charge in [-0.05, 0) is 71.2 Å². The summed E-state index contributed by atoms with van der Waals surface area (Å²) in [5.41, 5.74) is -0.0983. The Kier molecular flexibility index (Phi) is 5.64. The molecule has 0 saturated carbocycles. The number of likely N-dealkylation sites (tertiary alicyclic amines) is 1. The topological polar surface area (TPSA) is 44.4 Å². The predicted octanol–water partition coefficient (Wildman–Crippen LogP) is 1.37. The molecule has 0 radical (unpaired) electrons. The Balaban J connectivity index is 1.67. The van der Waals surface area contributed by atoms with Gasteiger partial charge in [-0.3, -0.25) is 4.79 Å². The molecule has 2 saturated heterocycles. The van der Waals surface area contributed by atoms with Gasteiger partial charge >= 0.3 is 0 Å². The molecule has 4 nitrogen and oxygen atoms in total. The second-order valence-corrected chi connectivity index (χ2v) is 6.04. The lowest BCUT2D eigenvalue weighted by atomic mass is 9.76. The van der Waals surface area contributed by atoms with Gasteiger partial charge < -0.3 is 15.5 Å². The van der Waals surface area contributed by atoms with Crippen LogP contribution in [-0.2, 0) is 4.79 Å². The van der Waals surface area contributed by atoms with E-state index in [2.05, 4.69) is 22.5 Å². The maximum Gasteiger partial charge on any atom is 0.226 e. The van der Waals surface area contributed by atoms with E-state index in [1.54, 1.807) is 0 Å². The van der Waals surface area contributed by atoms with Crippen LogP contribution in [0.4, 0.5) is 0 Å². The fourth-order valence-electron chi connectivity index (χ4n) is 3.34. The molecule has 1 amide bonds. The molecule has 0 aromatic heterocycles. The van der Waals surface area contributed by atoms with E-state index in [0.717, 1.165) is 51.9 Å². The number of hydrogen-bond acceptors (Lipinski definition) is 3. The third kappa shape index (κ3) is 3.93. The second-order valence-electron chi connectivity index (χ2n) is 6.04. The SMILES string of the molecule is CCC1(C(=O)NCCCN2CCCC2)CCNCC1. The van der Waals surface area contributed by atoms with Gasteiger partial charge in [0.05, 0.1) is 5.41 Å². The van der Waals surface area contributed by atoms with Gasteiger partial charge in [-0.25, -0.2) is 0 Å². The number of carbonyl (C=O) groups excluding carboxylic acids is 1. The largest absolute Gasteiger partial charge is 0.356 e. The van der Waals surface area contributed by atoms with Gasteiger partial charge in [0.2, 0.25) is 5.91 Å². The van der Waals surface area contributed by atoms with E-state index in [1.807, 2.05) is 0 Å². The fraction of sp³-hybridized carbons (Fsp3) is 0.933. The van der Waals surface area contributed by atoms with E-state index < -0.39 is 0 Å². The third-order valence-electron chi connectivity index (χ3n) is 4.85. The molecule has 2 aliphatic rings. The van der Waals surface area contributed by atoms with Crippen molar-refractivity contribution in [1.29, 1.82) is 0 Å². The number of carbonyl (C=O) groups is 1. The Bertz CT molecular complexity index is 281. The molecule has 19 heavy (non-hydrogen) atoms. The Morgan fingerprint density at radius 3 is 2.58 bits per heavy atom. The molecule has 2 N–H and O–H groups in total. The van der Waals surface area contributed by atoms with Gasteiger partial charge in [0, 0.05) is 6.54 Å². The van der Waals surface area contributed by atoms with Gasteiger partial charge in [0.1, 0.15) is 0 Å². The molecule has 2 heterocycles. The first-order valence-electron chi connectivity index (χ1n) is 7.98. The predicted molar refractivity (Wildman–Crippen MR) is 78.1 cm³/mol. The Hall–Kier alpha value is -0.610. The first-order chi connectivity index (χ1) is 9.27. The second kappa shape index (κ2) is 7.25. The summed E-state index contributed by atoms with van der Waals surface area (Å²) < 4.78 is 0. The zero-order valence-electron chi connectivity index (χ0n) is 12.3. The average Bonchev–Trinajstić information content (AvgIpc) is 2.97. The van der Waals surface area contributed by atoms with Crippen LogP contribution in [0.2, 0.25) is 0 Å². The standard InChI is InChI=1S/C15H29N3O/c1-2-15(6-9-16-10-7-15)14(19)17-8-5-13-18-11-3-4-12-18/h16H,2-13H2,1H3,(H,17,19). The molecule has 2 fully saturated rings. The van der Waals surface area contributed by atoms with Crippen LogP contribution >= 0.6 is 0 Å². The average molecular weight is 267 g/mol. The molecule has 0 spiro atoms. The molecule has 0 atom stereocenters. The maximum absolute atomic E-state index is 12.4. The van der Waals surface area contributed by atoms with E-state index in [-0.39, 0.29) is 11.3 Å². The first kappa shape index (κ1) is 14.8. The van der Waals surface area contributed by atoms with Crippen LogP contribution in [0.1, 0.15) is 45.4 Å². The number of piperidine rings is 1. The minimum atomic E-state index is -0.0983. The number of nitrogens with one attached hydrogen (secondary N) is 2. The van der Waals surface area contributed by atoms with Crippen molar-refractivity contribution in [3.05, 3.63) is 0 Å². The molecular formula is C15H29N3O. The van der Waals surface area contributed by atoms with Crippen molar-refractivity contribution < 1.29 is 4.79 Å². The highest BCUT2D eigenvalue weighted by Crippen LogP contribution is 2.32. The zero-order valence-corrected chi connectivity index (χ0v) is 12.3. The third-order valence-corrected chi connectivity index (χ3v) is 4.85. The van der Waals surface area contributed by atoms with E-state index in [0.29, 0.717) is 0 Å². The minimum Gasteiger partial charge on any atom is -0.356 e. The highest BCUT2D eigenvalue weighted by molar-refractivity contribution is 5.82. The van der Waals surface area contributed by atoms with E-state index in [1.165, 1.54) is 25.9 Å². The molecule has 0 aliphatic carbocycles. The maximum atomic E-state index is 12.4. The van der Waals surface area contributed by atoms with Gasteiger partial charge in [-0.15, -0.1) is 0 Å². The summed E-state index contributed by atoms with van der Waals surface area (Å²) in [5, 5.41) is 6.52. The summed E-state index contributed by atoms with van der Waals surface area (Å²) in [4.78, 5) is 14.9. The molecule has 0 aromatic carbocycles. The van der Waals surface area contributed by atoms with Crippen LogP contribution in [0.25, 0.3) is 0 Å². The van der Waals surface area contributed by atoms with Crippen molar-refractivity contribution in [3.8, 4) is 0 Å². The zero-order chi connectivity index (χ0) is 13.6. The van der Waals surface area contributed by atoms with Crippen LogP contribution in [0.3, 0.4) is 0 Å². The van der Waals surface area contributed by atoms with Crippen molar-refractivity contribution in [2.75, 3.05) is 39.3 Å². The fourth-order valence-corrected chi connectivity index (χ4v) is 3.34. The van der Waals surface area contributed by atoms with Gasteiger partial charge in [0.15, 0.2) is 0 Å². The van der Waals surface area contributed by atoms with Crippen molar-refractivity contribution in [1.82, 2.24) is 15.5 Å². The summed E-state index contributed by atoms with van der Waals surface area (Å²) in [6, 6.07) is 0. The van der Waals surface area contributed by atoms with Crippen molar-refractivity contribution in [3.63, 3.8) is 0 Å². The highest BCUT2D eigenvalue weighted by Gasteiger charge is 2.37. The van der Waals surface area contributed by atoms with Gasteiger partial charge in [0.25, 0.3) is 0 Å². The summed E-state index contributed by atoms with van der Waals surface area (Å²) in [7, 11) is 0. The van der Waals surface area contributed by atoms with Crippen molar-refractivity contribution in [2.24, 2.45) is 5.41 Å². The summed E-state index contributed by atoms with van der Waals surface area (Å²) in [6.45, 7) is 8.59. The minimum absolute atomic E-state index is 0.0983. The van der Waals surface area contributed by atoms with Crippen LogP contribution in [0.15, 0.2) is 0 Å². The lowest BCUT2D eigenvalue weighted by Crippen LogP contribution is -2.47. The number of rotatable bonds is 6. The van der Waals surface area contributed by atoms with Crippen LogP contribution in [0.5, 0.6) is 0 Å². The molecule has 2 rings (SSSR count). The van der Waals surface area contributed by atoms with Crippen LogP contribution in [0, 0.1) is 5.41 Å². The lowest BCUT2D eigenvalue weighted by Gasteiger charge is -2.35. The Morgan fingerprint density at radius 2 is 1.95 bits per heavy atom. The monoisotopic (exact) mass is 267 g/mol. The quantitative estimate of drug-likeness (QED) is 0.714. The Labute approximate surface area is 117 Å². The van der Waals surface area contributed by atoms with Crippen LogP contribution < -0.4 is 10.6 Å². The summed E-state index contributed by atoms with van der Waals surface area (Å²) in [6.07, 6.45) is 6.72. The normalized spacial score (nSPS) is 23.4. The smallest absolute Gasteiger partial charge is 0.226 e. The van der Waals surface area contributed by atoms with Gasteiger partial charge in [-0.1, -0.05) is 6.92 Å². The molecule has 4 heteroatoms. The van der Waals surface area contributed by atoms with Gasteiger partial charge in [-0.2, -0.15) is 0 Å². The van der Waals surface area contributed by atoms with E-state index in [9.17, 15) is 4.79 Å². The first-order valence-corrected chi connectivity index (χ1v) is 7.98. The van der Waals surface area contributed by atoms with E-state index >= 15 is 0 Å². The summed E-state index contributed by atoms with van der Waals surface area (Å²) >= 11 is 0. The molecule has 0 unspecified atom stereocenters. The number of nitrogens with zero attached hydrogens (tertiary/aromatic N) is 1. The molecular weight excluding hydrogens is 238 g/mol. The van der Waals surface area contributed by atoms with Crippen LogP contribution in [-0.4, -0.2) is 50.1 Å². The van der Waals surface area contributed by atoms with Crippen molar-refractivity contribution in [2.45, 2.75) is 45.4 Å². The molecule has 2 aliphatic heterocycles. The van der Waals surface area contributed by atoms with Crippen molar-refractivity contribution >= 4 is 5.91 Å². The Morgan fingerprint density at radius 1 is 1.26 bits per heavy atom. The number of hydrogen-bond donors (Lipinski definition) is 2. The lowest BCUT2D eigenvalue weighted by molar-refractivity contribution is -0.132.